The highest BCUT2D eigenvalue weighted by atomic mass is 32.2. The molecule has 162 valence electrons. The molecule has 30 heavy (non-hydrogen) atoms. The minimum Gasteiger partial charge on any atom is -0.472 e. The molecular weight excluding hydrogens is 421 g/mol. The molecule has 0 N–H and O–H groups in total. The maximum atomic E-state index is 13.0. The van der Waals surface area contributed by atoms with Crippen molar-refractivity contribution in [2.75, 3.05) is 26.2 Å². The molecule has 0 amide bonds. The second-order valence-corrected chi connectivity index (χ2v) is 9.45. The van der Waals surface area contributed by atoms with Gasteiger partial charge in [0.05, 0.1) is 28.5 Å². The van der Waals surface area contributed by atoms with Gasteiger partial charge in [0.1, 0.15) is 6.10 Å². The summed E-state index contributed by atoms with van der Waals surface area (Å²) in [6.45, 7) is 3.37. The fourth-order valence-electron chi connectivity index (χ4n) is 3.87. The minimum atomic E-state index is -4.60. The lowest BCUT2D eigenvalue weighted by atomic mass is 10.2. The van der Waals surface area contributed by atoms with E-state index in [2.05, 4.69) is 14.9 Å². The molecule has 0 spiro atoms. The molecule has 4 rings (SSSR count). The van der Waals surface area contributed by atoms with Gasteiger partial charge in [0, 0.05) is 38.6 Å². The lowest BCUT2D eigenvalue weighted by molar-refractivity contribution is -0.137. The van der Waals surface area contributed by atoms with E-state index in [0.29, 0.717) is 31.5 Å². The summed E-state index contributed by atoms with van der Waals surface area (Å²) >= 11 is 0. The highest BCUT2D eigenvalue weighted by Gasteiger charge is 2.41. The first-order chi connectivity index (χ1) is 14.1. The van der Waals surface area contributed by atoms with Crippen LogP contribution in [0.4, 0.5) is 13.2 Å². The third-order valence-electron chi connectivity index (χ3n) is 5.38. The van der Waals surface area contributed by atoms with Crippen molar-refractivity contribution >= 4 is 10.0 Å². The molecular formula is C19H21F3N4O3S. The number of benzene rings is 1. The topological polar surface area (TPSA) is 75.6 Å². The van der Waals surface area contributed by atoms with Gasteiger partial charge in [-0.3, -0.25) is 9.88 Å². The number of hydrogen-bond donors (Lipinski definition) is 0. The molecule has 7 nitrogen and oxygen atoms in total. The van der Waals surface area contributed by atoms with E-state index in [4.69, 9.17) is 4.74 Å². The molecule has 11 heteroatoms. The van der Waals surface area contributed by atoms with Crippen molar-refractivity contribution < 1.29 is 26.3 Å². The summed E-state index contributed by atoms with van der Waals surface area (Å²) in [4.78, 5) is 10.1. The molecule has 1 aromatic carbocycles. The normalized spacial score (nSPS) is 23.3. The van der Waals surface area contributed by atoms with Crippen LogP contribution in [-0.4, -0.2) is 65.9 Å². The van der Waals surface area contributed by atoms with Gasteiger partial charge >= 0.3 is 6.18 Å². The predicted molar refractivity (Wildman–Crippen MR) is 101 cm³/mol. The van der Waals surface area contributed by atoms with Crippen LogP contribution >= 0.6 is 0 Å². The Morgan fingerprint density at radius 3 is 2.63 bits per heavy atom. The van der Waals surface area contributed by atoms with Crippen LogP contribution in [-0.2, 0) is 16.2 Å². The molecule has 3 heterocycles. The van der Waals surface area contributed by atoms with Crippen molar-refractivity contribution in [3.8, 4) is 5.88 Å². The van der Waals surface area contributed by atoms with Crippen molar-refractivity contribution in [2.45, 2.75) is 36.6 Å². The predicted octanol–water partition coefficient (Wildman–Crippen LogP) is 2.33. The Bertz CT molecular complexity index is 1010. The molecule has 0 radical (unpaired) electrons. The number of aromatic nitrogens is 2. The van der Waals surface area contributed by atoms with E-state index in [9.17, 15) is 21.6 Å². The largest absolute Gasteiger partial charge is 0.472 e. The monoisotopic (exact) mass is 442 g/mol. The van der Waals surface area contributed by atoms with Crippen molar-refractivity contribution in [2.24, 2.45) is 0 Å². The summed E-state index contributed by atoms with van der Waals surface area (Å²) < 4.78 is 72.0. The number of rotatable bonds is 4. The van der Waals surface area contributed by atoms with Crippen molar-refractivity contribution in [1.82, 2.24) is 19.2 Å². The number of fused-ring (bicyclic) bond motifs is 1. The van der Waals surface area contributed by atoms with Gasteiger partial charge in [0.15, 0.2) is 0 Å². The highest BCUT2D eigenvalue weighted by molar-refractivity contribution is 7.89. The molecule has 2 saturated heterocycles. The van der Waals surface area contributed by atoms with Gasteiger partial charge in [0.2, 0.25) is 15.9 Å². The smallest absolute Gasteiger partial charge is 0.416 e. The van der Waals surface area contributed by atoms with Crippen LogP contribution in [0.5, 0.6) is 5.88 Å². The minimum absolute atomic E-state index is 0.0669. The van der Waals surface area contributed by atoms with Crippen LogP contribution in [0.15, 0.2) is 41.6 Å². The van der Waals surface area contributed by atoms with Crippen LogP contribution in [0.25, 0.3) is 0 Å². The summed E-state index contributed by atoms with van der Waals surface area (Å²) in [6.07, 6.45) is -0.982. The fraction of sp³-hybridized carbons (Fsp3) is 0.474. The van der Waals surface area contributed by atoms with Crippen LogP contribution < -0.4 is 4.74 Å². The van der Waals surface area contributed by atoms with E-state index in [1.54, 1.807) is 12.4 Å². The molecule has 2 aliphatic heterocycles. The molecule has 0 saturated carbocycles. The number of aryl methyl sites for hydroxylation is 1. The zero-order chi connectivity index (χ0) is 21.5. The van der Waals surface area contributed by atoms with Crippen molar-refractivity contribution in [1.29, 1.82) is 0 Å². The molecule has 2 aliphatic rings. The Kier molecular flexibility index (Phi) is 5.45. The highest BCUT2D eigenvalue weighted by Crippen LogP contribution is 2.32. The number of hydrogen-bond acceptors (Lipinski definition) is 6. The van der Waals surface area contributed by atoms with E-state index in [1.165, 1.54) is 10.4 Å². The maximum Gasteiger partial charge on any atom is 0.416 e. The molecule has 1 aromatic heterocycles. The fourth-order valence-corrected chi connectivity index (χ4v) is 5.38. The van der Waals surface area contributed by atoms with Crippen LogP contribution in [0.1, 0.15) is 17.7 Å². The SMILES string of the molecule is Cc1cnc(O[C@@H]2C[C@H]3CN(S(=O)(=O)c4cccc(C(F)(F)F)c4)CCN3C2)cn1. The Labute approximate surface area is 172 Å². The average Bonchev–Trinajstić information content (AvgIpc) is 3.10. The number of ether oxygens (including phenoxy) is 1. The van der Waals surface area contributed by atoms with Gasteiger partial charge in [-0.1, -0.05) is 6.07 Å². The standard InChI is InChI=1S/C19H21F3N4O3S/c1-13-9-24-18(10-23-13)29-16-8-15-11-26(6-5-25(15)12-16)30(27,28)17-4-2-3-14(7-17)19(20,21)22/h2-4,7,9-10,15-16H,5-6,8,11-12H2,1H3/t15-,16+/m0/s1. The average molecular weight is 442 g/mol. The molecule has 2 atom stereocenters. The van der Waals surface area contributed by atoms with Crippen LogP contribution in [0.2, 0.25) is 0 Å². The number of piperazine rings is 1. The maximum absolute atomic E-state index is 13.0. The lowest BCUT2D eigenvalue weighted by Crippen LogP contribution is -2.51. The van der Waals surface area contributed by atoms with Crippen LogP contribution in [0.3, 0.4) is 0 Å². The zero-order valence-corrected chi connectivity index (χ0v) is 17.0. The van der Waals surface area contributed by atoms with E-state index in [-0.39, 0.29) is 30.1 Å². The first kappa shape index (κ1) is 21.0. The summed E-state index contributed by atoms with van der Waals surface area (Å²) in [7, 11) is -4.02. The lowest BCUT2D eigenvalue weighted by Gasteiger charge is -2.36. The molecule has 2 fully saturated rings. The number of sulfonamides is 1. The van der Waals surface area contributed by atoms with E-state index in [1.807, 2.05) is 6.92 Å². The first-order valence-electron chi connectivity index (χ1n) is 9.50. The third kappa shape index (κ3) is 4.28. The molecule has 0 bridgehead atoms. The summed E-state index contributed by atoms with van der Waals surface area (Å²) in [5, 5.41) is 0. The van der Waals surface area contributed by atoms with Gasteiger partial charge in [-0.25, -0.2) is 13.4 Å². The quantitative estimate of drug-likeness (QED) is 0.724. The van der Waals surface area contributed by atoms with Gasteiger partial charge < -0.3 is 4.74 Å². The van der Waals surface area contributed by atoms with E-state index >= 15 is 0 Å². The van der Waals surface area contributed by atoms with Gasteiger partial charge in [0.25, 0.3) is 0 Å². The second kappa shape index (κ2) is 7.78. The van der Waals surface area contributed by atoms with E-state index < -0.39 is 21.8 Å². The van der Waals surface area contributed by atoms with Gasteiger partial charge in [-0.15, -0.1) is 0 Å². The second-order valence-electron chi connectivity index (χ2n) is 7.51. The van der Waals surface area contributed by atoms with Crippen molar-refractivity contribution in [3.63, 3.8) is 0 Å². The first-order valence-corrected chi connectivity index (χ1v) is 10.9. The van der Waals surface area contributed by atoms with Gasteiger partial charge in [-0.05, 0) is 25.1 Å². The molecule has 0 unspecified atom stereocenters. The number of halogens is 3. The summed E-state index contributed by atoms with van der Waals surface area (Å²) in [5.41, 5.74) is -0.197. The summed E-state index contributed by atoms with van der Waals surface area (Å²) in [5.74, 6) is 0.416. The number of nitrogens with zero attached hydrogens (tertiary/aromatic N) is 4. The van der Waals surface area contributed by atoms with E-state index in [0.717, 1.165) is 17.8 Å². The Morgan fingerprint density at radius 2 is 1.93 bits per heavy atom. The Balaban J connectivity index is 1.45. The zero-order valence-electron chi connectivity index (χ0n) is 16.2. The number of alkyl halides is 3. The van der Waals surface area contributed by atoms with Crippen LogP contribution in [0, 0.1) is 6.92 Å². The third-order valence-corrected chi connectivity index (χ3v) is 7.25. The molecule has 2 aromatic rings. The van der Waals surface area contributed by atoms with Crippen molar-refractivity contribution in [3.05, 3.63) is 47.9 Å². The Morgan fingerprint density at radius 1 is 1.13 bits per heavy atom. The van der Waals surface area contributed by atoms with Gasteiger partial charge in [-0.2, -0.15) is 17.5 Å². The summed E-state index contributed by atoms with van der Waals surface area (Å²) in [6, 6.07) is 3.81. The molecule has 0 aliphatic carbocycles. The Hall–Kier alpha value is -2.24.